The lowest BCUT2D eigenvalue weighted by Crippen LogP contribution is -2.48. The maximum atomic E-state index is 13.1. The van der Waals surface area contributed by atoms with Gasteiger partial charge in [-0.3, -0.25) is 9.79 Å². The first-order chi connectivity index (χ1) is 14.5. The molecule has 0 radical (unpaired) electrons. The lowest BCUT2D eigenvalue weighted by atomic mass is 9.81. The van der Waals surface area contributed by atoms with Crippen molar-refractivity contribution in [1.82, 2.24) is 9.47 Å². The Morgan fingerprint density at radius 3 is 2.30 bits per heavy atom. The predicted octanol–water partition coefficient (Wildman–Crippen LogP) is 4.38. The van der Waals surface area contributed by atoms with Gasteiger partial charge in [0.2, 0.25) is 5.88 Å². The minimum atomic E-state index is -0.233. The Morgan fingerprint density at radius 1 is 1.00 bits per heavy atom. The molecule has 1 fully saturated rings. The summed E-state index contributed by atoms with van der Waals surface area (Å²) in [7, 11) is 4.26. The van der Waals surface area contributed by atoms with E-state index in [0.717, 1.165) is 18.2 Å². The molecule has 1 aliphatic carbocycles. The van der Waals surface area contributed by atoms with Crippen molar-refractivity contribution in [3.63, 3.8) is 0 Å². The van der Waals surface area contributed by atoms with E-state index in [1.165, 1.54) is 23.8 Å². The molecule has 5 heteroatoms. The van der Waals surface area contributed by atoms with Crippen LogP contribution >= 0.6 is 0 Å². The Hall–Kier alpha value is -2.92. The molecule has 1 N–H and O–H groups in total. The van der Waals surface area contributed by atoms with Crippen LogP contribution in [0.25, 0.3) is 16.5 Å². The van der Waals surface area contributed by atoms with E-state index in [2.05, 4.69) is 19.0 Å². The first-order valence-electron chi connectivity index (χ1n) is 10.6. The predicted molar refractivity (Wildman–Crippen MR) is 123 cm³/mol. The number of pyridine rings is 1. The molecule has 2 aromatic carbocycles. The van der Waals surface area contributed by atoms with Crippen LogP contribution in [0, 0.1) is 0 Å². The fourth-order valence-corrected chi connectivity index (χ4v) is 4.57. The summed E-state index contributed by atoms with van der Waals surface area (Å²) < 4.78 is 1.37. The SMILES string of the molecule is CN(C)C1(CN=Cc2c(O)n(-c3ccccc3)c(=O)c3ccccc23)CCCCC1. The van der Waals surface area contributed by atoms with E-state index in [1.54, 1.807) is 12.3 Å². The highest BCUT2D eigenvalue weighted by atomic mass is 16.3. The molecular weight excluding hydrogens is 374 g/mol. The molecule has 1 aliphatic rings. The second-order valence-corrected chi connectivity index (χ2v) is 8.41. The average Bonchev–Trinajstić information content (AvgIpc) is 2.77. The topological polar surface area (TPSA) is 57.8 Å². The summed E-state index contributed by atoms with van der Waals surface area (Å²) in [6, 6.07) is 16.6. The molecular formula is C25H29N3O2. The zero-order valence-electron chi connectivity index (χ0n) is 17.7. The average molecular weight is 404 g/mol. The van der Waals surface area contributed by atoms with Gasteiger partial charge in [0.15, 0.2) is 0 Å². The molecule has 0 aliphatic heterocycles. The summed E-state index contributed by atoms with van der Waals surface area (Å²) in [4.78, 5) is 20.2. The van der Waals surface area contributed by atoms with E-state index in [-0.39, 0.29) is 17.0 Å². The molecule has 0 spiro atoms. The number of fused-ring (bicyclic) bond motifs is 1. The standard InChI is InChI=1S/C25H29N3O2/c1-27(2)25(15-9-4-10-16-25)18-26-17-22-20-13-7-8-14-21(20)23(29)28(24(22)30)19-11-5-3-6-12-19/h3,5-8,11-14,17,30H,4,9-10,15-16,18H2,1-2H3. The highest BCUT2D eigenvalue weighted by Gasteiger charge is 2.33. The zero-order valence-corrected chi connectivity index (χ0v) is 17.7. The molecule has 0 amide bonds. The Kier molecular flexibility index (Phi) is 5.73. The van der Waals surface area contributed by atoms with Crippen LogP contribution in [0.5, 0.6) is 5.88 Å². The maximum absolute atomic E-state index is 13.1. The first-order valence-corrected chi connectivity index (χ1v) is 10.6. The minimum absolute atomic E-state index is 0.0635. The Bertz CT molecular complexity index is 1110. The van der Waals surface area contributed by atoms with Gasteiger partial charge in [0.25, 0.3) is 5.56 Å². The summed E-state index contributed by atoms with van der Waals surface area (Å²) in [5.74, 6) is -0.0730. The maximum Gasteiger partial charge on any atom is 0.265 e. The summed E-state index contributed by atoms with van der Waals surface area (Å²) in [6.07, 6.45) is 7.74. The molecule has 5 nitrogen and oxygen atoms in total. The van der Waals surface area contributed by atoms with Gasteiger partial charge in [0.1, 0.15) is 0 Å². The minimum Gasteiger partial charge on any atom is -0.494 e. The molecule has 0 atom stereocenters. The Labute approximate surface area is 177 Å². The molecule has 3 aromatic rings. The molecule has 1 heterocycles. The molecule has 0 bridgehead atoms. The fourth-order valence-electron chi connectivity index (χ4n) is 4.57. The summed E-state index contributed by atoms with van der Waals surface area (Å²) in [5.41, 5.74) is 1.05. The van der Waals surface area contributed by atoms with E-state index < -0.39 is 0 Å². The molecule has 30 heavy (non-hydrogen) atoms. The quantitative estimate of drug-likeness (QED) is 0.643. The lowest BCUT2D eigenvalue weighted by Gasteiger charge is -2.42. The van der Waals surface area contributed by atoms with Crippen molar-refractivity contribution in [3.05, 3.63) is 70.5 Å². The second-order valence-electron chi connectivity index (χ2n) is 8.41. The van der Waals surface area contributed by atoms with Gasteiger partial charge in [-0.1, -0.05) is 55.7 Å². The molecule has 1 saturated carbocycles. The monoisotopic (exact) mass is 403 g/mol. The van der Waals surface area contributed by atoms with E-state index in [0.29, 0.717) is 23.2 Å². The zero-order chi connectivity index (χ0) is 21.1. The molecule has 156 valence electrons. The number of hydrogen-bond acceptors (Lipinski definition) is 4. The van der Waals surface area contributed by atoms with Crippen molar-refractivity contribution < 1.29 is 5.11 Å². The van der Waals surface area contributed by atoms with Gasteiger partial charge in [0, 0.05) is 22.5 Å². The Morgan fingerprint density at radius 2 is 1.63 bits per heavy atom. The summed E-state index contributed by atoms with van der Waals surface area (Å²) in [5, 5.41) is 12.4. The number of hydrogen-bond donors (Lipinski definition) is 1. The van der Waals surface area contributed by atoms with Gasteiger partial charge in [-0.25, -0.2) is 4.57 Å². The van der Waals surface area contributed by atoms with Gasteiger partial charge in [0.05, 0.1) is 17.8 Å². The van der Waals surface area contributed by atoms with Crippen molar-refractivity contribution >= 4 is 17.0 Å². The van der Waals surface area contributed by atoms with Gasteiger partial charge >= 0.3 is 0 Å². The van der Waals surface area contributed by atoms with Crippen LogP contribution in [0.1, 0.15) is 37.7 Å². The molecule has 4 rings (SSSR count). The molecule has 1 aromatic heterocycles. The number of aliphatic imine (C=N–C) groups is 1. The molecule has 0 saturated heterocycles. The first kappa shape index (κ1) is 20.4. The van der Waals surface area contributed by atoms with Crippen LogP contribution in [-0.4, -0.2) is 47.0 Å². The van der Waals surface area contributed by atoms with Crippen LogP contribution in [-0.2, 0) is 0 Å². The lowest BCUT2D eigenvalue weighted by molar-refractivity contribution is 0.110. The van der Waals surface area contributed by atoms with Crippen LogP contribution in [0.4, 0.5) is 0 Å². The smallest absolute Gasteiger partial charge is 0.265 e. The number of aromatic nitrogens is 1. The number of nitrogens with zero attached hydrogens (tertiary/aromatic N) is 3. The molecule has 0 unspecified atom stereocenters. The van der Waals surface area contributed by atoms with Crippen molar-refractivity contribution in [2.45, 2.75) is 37.6 Å². The third-order valence-corrected chi connectivity index (χ3v) is 6.46. The largest absolute Gasteiger partial charge is 0.494 e. The van der Waals surface area contributed by atoms with E-state index >= 15 is 0 Å². The summed E-state index contributed by atoms with van der Waals surface area (Å²) >= 11 is 0. The Balaban J connectivity index is 1.80. The fraction of sp³-hybridized carbons (Fsp3) is 0.360. The van der Waals surface area contributed by atoms with Crippen molar-refractivity contribution in [2.24, 2.45) is 4.99 Å². The van der Waals surface area contributed by atoms with Gasteiger partial charge < -0.3 is 10.0 Å². The van der Waals surface area contributed by atoms with E-state index in [9.17, 15) is 9.90 Å². The van der Waals surface area contributed by atoms with Gasteiger partial charge in [-0.05, 0) is 45.1 Å². The van der Waals surface area contributed by atoms with Crippen LogP contribution in [0.15, 0.2) is 64.4 Å². The van der Waals surface area contributed by atoms with Crippen LogP contribution in [0.2, 0.25) is 0 Å². The normalized spacial score (nSPS) is 16.5. The van der Waals surface area contributed by atoms with Crippen LogP contribution in [0.3, 0.4) is 0 Å². The van der Waals surface area contributed by atoms with Crippen LogP contribution < -0.4 is 5.56 Å². The number of likely N-dealkylation sites (N-methyl/N-ethyl adjacent to an activating group) is 1. The van der Waals surface area contributed by atoms with Crippen molar-refractivity contribution in [3.8, 4) is 11.6 Å². The third kappa shape index (κ3) is 3.65. The van der Waals surface area contributed by atoms with Gasteiger partial charge in [-0.2, -0.15) is 0 Å². The number of benzene rings is 2. The number of para-hydroxylation sites is 1. The second kappa shape index (κ2) is 8.44. The highest BCUT2D eigenvalue weighted by molar-refractivity contribution is 6.01. The van der Waals surface area contributed by atoms with Crippen molar-refractivity contribution in [1.29, 1.82) is 0 Å². The van der Waals surface area contributed by atoms with E-state index in [4.69, 9.17) is 4.99 Å². The highest BCUT2D eigenvalue weighted by Crippen LogP contribution is 2.33. The van der Waals surface area contributed by atoms with E-state index in [1.807, 2.05) is 48.5 Å². The summed E-state index contributed by atoms with van der Waals surface area (Å²) in [6.45, 7) is 0.679. The van der Waals surface area contributed by atoms with Crippen molar-refractivity contribution in [2.75, 3.05) is 20.6 Å². The number of aromatic hydroxyl groups is 1. The van der Waals surface area contributed by atoms with Gasteiger partial charge in [-0.15, -0.1) is 0 Å². The number of rotatable bonds is 5. The third-order valence-electron chi connectivity index (χ3n) is 6.46.